The summed E-state index contributed by atoms with van der Waals surface area (Å²) in [5.74, 6) is -0.249. The molecule has 0 amide bonds. The van der Waals surface area contributed by atoms with E-state index in [2.05, 4.69) is 15.3 Å². The van der Waals surface area contributed by atoms with Gasteiger partial charge in [-0.05, 0) is 13.2 Å². The van der Waals surface area contributed by atoms with Crippen LogP contribution in [-0.2, 0) is 4.74 Å². The van der Waals surface area contributed by atoms with E-state index >= 15 is 0 Å². The Kier molecular flexibility index (Phi) is 6.54. The standard InChI is InChI=1S/C11H17N3O4S/c1-3-18-10(17)8-5-13-11(19-2)14-9(8)12-4-7(16)6-15/h5,7,15-16H,3-4,6H2,1-2H3,(H,12,13,14)/t7-/m0/s1. The summed E-state index contributed by atoms with van der Waals surface area (Å²) in [7, 11) is 0. The zero-order valence-electron chi connectivity index (χ0n) is 10.8. The fraction of sp³-hybridized carbons (Fsp3) is 0.545. The highest BCUT2D eigenvalue weighted by molar-refractivity contribution is 7.98. The van der Waals surface area contributed by atoms with E-state index in [1.54, 1.807) is 6.92 Å². The van der Waals surface area contributed by atoms with Crippen LogP contribution in [-0.4, -0.2) is 58.3 Å². The van der Waals surface area contributed by atoms with Gasteiger partial charge in [0.25, 0.3) is 0 Å². The molecule has 0 bridgehead atoms. The average molecular weight is 287 g/mol. The van der Waals surface area contributed by atoms with E-state index in [0.717, 1.165) is 0 Å². The fourth-order valence-electron chi connectivity index (χ4n) is 1.24. The van der Waals surface area contributed by atoms with E-state index in [-0.39, 0.29) is 31.1 Å². The highest BCUT2D eigenvalue weighted by Gasteiger charge is 2.16. The van der Waals surface area contributed by atoms with Gasteiger partial charge in [0, 0.05) is 12.7 Å². The lowest BCUT2D eigenvalue weighted by Crippen LogP contribution is -2.24. The van der Waals surface area contributed by atoms with Crippen LogP contribution in [0.5, 0.6) is 0 Å². The van der Waals surface area contributed by atoms with Crippen molar-refractivity contribution in [3.05, 3.63) is 11.8 Å². The number of anilines is 1. The summed E-state index contributed by atoms with van der Waals surface area (Å²) in [5.41, 5.74) is 0.199. The topological polar surface area (TPSA) is 105 Å². The summed E-state index contributed by atoms with van der Waals surface area (Å²) >= 11 is 1.33. The maximum Gasteiger partial charge on any atom is 0.343 e. The molecule has 106 valence electrons. The van der Waals surface area contributed by atoms with Crippen molar-refractivity contribution in [2.24, 2.45) is 0 Å². The normalized spacial score (nSPS) is 12.0. The molecule has 0 saturated heterocycles. The van der Waals surface area contributed by atoms with Crippen LogP contribution in [0, 0.1) is 0 Å². The van der Waals surface area contributed by atoms with Gasteiger partial charge >= 0.3 is 5.97 Å². The van der Waals surface area contributed by atoms with Gasteiger partial charge < -0.3 is 20.3 Å². The van der Waals surface area contributed by atoms with Crippen molar-refractivity contribution in [2.75, 3.05) is 31.3 Å². The molecule has 3 N–H and O–H groups in total. The summed E-state index contributed by atoms with van der Waals surface area (Å²) in [4.78, 5) is 19.9. The Hall–Kier alpha value is -1.38. The molecule has 7 nitrogen and oxygen atoms in total. The van der Waals surface area contributed by atoms with Crippen molar-refractivity contribution >= 4 is 23.5 Å². The second kappa shape index (κ2) is 7.93. The minimum atomic E-state index is -0.928. The number of aromatic nitrogens is 2. The molecule has 0 aliphatic heterocycles. The number of ether oxygens (including phenoxy) is 1. The predicted molar refractivity (Wildman–Crippen MR) is 71.4 cm³/mol. The third kappa shape index (κ3) is 4.66. The van der Waals surface area contributed by atoms with Crippen LogP contribution in [0.1, 0.15) is 17.3 Å². The maximum absolute atomic E-state index is 11.7. The number of hydrogen-bond donors (Lipinski definition) is 3. The lowest BCUT2D eigenvalue weighted by molar-refractivity contribution is 0.0526. The smallest absolute Gasteiger partial charge is 0.343 e. The van der Waals surface area contributed by atoms with Crippen molar-refractivity contribution in [3.63, 3.8) is 0 Å². The highest BCUT2D eigenvalue weighted by Crippen LogP contribution is 2.17. The van der Waals surface area contributed by atoms with Crippen molar-refractivity contribution in [1.82, 2.24) is 9.97 Å². The number of thioether (sulfide) groups is 1. The Morgan fingerprint density at radius 1 is 1.63 bits per heavy atom. The molecule has 0 spiro atoms. The van der Waals surface area contributed by atoms with Gasteiger partial charge in [-0.25, -0.2) is 14.8 Å². The molecule has 19 heavy (non-hydrogen) atoms. The molecule has 0 radical (unpaired) electrons. The number of aliphatic hydroxyl groups excluding tert-OH is 2. The largest absolute Gasteiger partial charge is 0.462 e. The van der Waals surface area contributed by atoms with Gasteiger partial charge in [0.15, 0.2) is 5.16 Å². The molecule has 0 aliphatic carbocycles. The summed E-state index contributed by atoms with van der Waals surface area (Å²) in [6.07, 6.45) is 2.26. The number of hydrogen-bond acceptors (Lipinski definition) is 8. The summed E-state index contributed by atoms with van der Waals surface area (Å²) in [6.45, 7) is 1.66. The van der Waals surface area contributed by atoms with Crippen LogP contribution in [0.4, 0.5) is 5.82 Å². The Bertz CT molecular complexity index is 430. The van der Waals surface area contributed by atoms with Crippen LogP contribution in [0.25, 0.3) is 0 Å². The van der Waals surface area contributed by atoms with E-state index in [4.69, 9.17) is 9.84 Å². The number of rotatable bonds is 7. The molecule has 1 heterocycles. The Balaban J connectivity index is 2.92. The van der Waals surface area contributed by atoms with Gasteiger partial charge in [-0.2, -0.15) is 0 Å². The first-order chi connectivity index (χ1) is 9.12. The number of nitrogens with zero attached hydrogens (tertiary/aromatic N) is 2. The number of esters is 1. The van der Waals surface area contributed by atoms with Crippen molar-refractivity contribution in [2.45, 2.75) is 18.2 Å². The number of nitrogens with one attached hydrogen (secondary N) is 1. The Morgan fingerprint density at radius 2 is 2.37 bits per heavy atom. The molecule has 0 aliphatic rings. The van der Waals surface area contributed by atoms with Crippen LogP contribution in [0.15, 0.2) is 11.4 Å². The highest BCUT2D eigenvalue weighted by atomic mass is 32.2. The van der Waals surface area contributed by atoms with Gasteiger partial charge in [0.1, 0.15) is 11.4 Å². The van der Waals surface area contributed by atoms with Crippen molar-refractivity contribution < 1.29 is 19.7 Å². The second-order valence-electron chi connectivity index (χ2n) is 3.56. The lowest BCUT2D eigenvalue weighted by atomic mass is 10.3. The van der Waals surface area contributed by atoms with E-state index in [0.29, 0.717) is 5.16 Å². The molecule has 8 heteroatoms. The van der Waals surface area contributed by atoms with Crippen LogP contribution < -0.4 is 5.32 Å². The van der Waals surface area contributed by atoms with Gasteiger partial charge in [-0.15, -0.1) is 0 Å². The molecule has 1 aromatic heterocycles. The minimum absolute atomic E-state index is 0.0771. The van der Waals surface area contributed by atoms with Gasteiger partial charge in [-0.1, -0.05) is 11.8 Å². The van der Waals surface area contributed by atoms with Gasteiger partial charge in [0.05, 0.1) is 19.3 Å². The first-order valence-electron chi connectivity index (χ1n) is 5.73. The Morgan fingerprint density at radius 3 is 2.95 bits per heavy atom. The molecule has 1 aromatic rings. The average Bonchev–Trinajstić information content (AvgIpc) is 2.44. The molecule has 0 aromatic carbocycles. The lowest BCUT2D eigenvalue weighted by Gasteiger charge is -2.13. The van der Waals surface area contributed by atoms with Crippen LogP contribution >= 0.6 is 11.8 Å². The summed E-state index contributed by atoms with van der Waals surface area (Å²) < 4.78 is 4.90. The quantitative estimate of drug-likeness (QED) is 0.369. The molecule has 0 unspecified atom stereocenters. The molecular weight excluding hydrogens is 270 g/mol. The van der Waals surface area contributed by atoms with Crippen LogP contribution in [0.3, 0.4) is 0 Å². The predicted octanol–water partition coefficient (Wildman–Crippen LogP) is 0.140. The van der Waals surface area contributed by atoms with Crippen molar-refractivity contribution in [3.8, 4) is 0 Å². The molecule has 0 fully saturated rings. The SMILES string of the molecule is CCOC(=O)c1cnc(SC)nc1NC[C@H](O)CO. The number of carbonyl (C=O) groups is 1. The fourth-order valence-corrected chi connectivity index (χ4v) is 1.58. The monoisotopic (exact) mass is 287 g/mol. The molecule has 0 saturated carbocycles. The Labute approximate surface area is 115 Å². The first kappa shape index (κ1) is 15.7. The van der Waals surface area contributed by atoms with E-state index in [9.17, 15) is 9.90 Å². The third-order valence-corrected chi connectivity index (χ3v) is 2.72. The zero-order valence-corrected chi connectivity index (χ0v) is 11.6. The van der Waals surface area contributed by atoms with Gasteiger partial charge in [-0.3, -0.25) is 0 Å². The molecule has 1 rings (SSSR count). The maximum atomic E-state index is 11.7. The van der Waals surface area contributed by atoms with E-state index in [1.165, 1.54) is 18.0 Å². The summed E-state index contributed by atoms with van der Waals surface area (Å²) in [6, 6.07) is 0. The first-order valence-corrected chi connectivity index (χ1v) is 6.95. The summed E-state index contributed by atoms with van der Waals surface area (Å²) in [5, 5.41) is 21.4. The van der Waals surface area contributed by atoms with E-state index < -0.39 is 12.1 Å². The number of carbonyl (C=O) groups excluding carboxylic acids is 1. The minimum Gasteiger partial charge on any atom is -0.462 e. The van der Waals surface area contributed by atoms with Crippen molar-refractivity contribution in [1.29, 1.82) is 0 Å². The van der Waals surface area contributed by atoms with Gasteiger partial charge in [0.2, 0.25) is 0 Å². The third-order valence-electron chi connectivity index (χ3n) is 2.16. The van der Waals surface area contributed by atoms with Crippen LogP contribution in [0.2, 0.25) is 0 Å². The zero-order chi connectivity index (χ0) is 14.3. The van der Waals surface area contributed by atoms with E-state index in [1.807, 2.05) is 6.26 Å². The number of aliphatic hydroxyl groups is 2. The molecule has 1 atom stereocenters. The second-order valence-corrected chi connectivity index (χ2v) is 4.33. The molecular formula is C11H17N3O4S.